The Bertz CT molecular complexity index is 931. The number of anilines is 1. The van der Waals surface area contributed by atoms with Crippen molar-refractivity contribution < 1.29 is 9.53 Å². The maximum absolute atomic E-state index is 11.7. The van der Waals surface area contributed by atoms with Crippen molar-refractivity contribution in [3.8, 4) is 6.07 Å². The van der Waals surface area contributed by atoms with Crippen LogP contribution < -0.4 is 5.32 Å². The summed E-state index contributed by atoms with van der Waals surface area (Å²) < 4.78 is 4.75. The Morgan fingerprint density at radius 2 is 2.17 bits per heavy atom. The average Bonchev–Trinajstić information content (AvgIpc) is 2.60. The molecule has 0 aliphatic rings. The van der Waals surface area contributed by atoms with E-state index in [0.717, 1.165) is 16.2 Å². The summed E-state index contributed by atoms with van der Waals surface area (Å²) in [6, 6.07) is 9.23. The van der Waals surface area contributed by atoms with Crippen molar-refractivity contribution in [3.05, 3.63) is 42.2 Å². The van der Waals surface area contributed by atoms with Crippen molar-refractivity contribution in [2.45, 2.75) is 6.42 Å². The number of carbonyl (C=O) groups excluding carboxylic acids is 1. The number of benzene rings is 1. The largest absolute Gasteiger partial charge is 0.465 e. The fraction of sp³-hybridized carbons (Fsp3) is 0.176. The first-order valence-electron chi connectivity index (χ1n) is 7.11. The lowest BCUT2D eigenvalue weighted by molar-refractivity contribution is 0.0601. The van der Waals surface area contributed by atoms with Gasteiger partial charge in [-0.05, 0) is 18.2 Å². The van der Waals surface area contributed by atoms with E-state index in [2.05, 4.69) is 21.4 Å². The molecule has 6 heteroatoms. The number of methoxy groups -OCH3 is 1. The topological polar surface area (TPSA) is 87.9 Å². The molecule has 6 nitrogen and oxygen atoms in total. The molecule has 3 aromatic rings. The standard InChI is InChI=1S/C17H14N4O2/c1-23-17(22)11-3-4-12-14-10-19-8-5-13(14)16(20-7-2-6-18)21-15(12)9-11/h3-5,8-10H,2,7H2,1H3,(H,20,21). The number of nitrogens with one attached hydrogen (secondary N) is 1. The van der Waals surface area contributed by atoms with Gasteiger partial charge in [0.2, 0.25) is 0 Å². The smallest absolute Gasteiger partial charge is 0.337 e. The molecule has 2 heterocycles. The summed E-state index contributed by atoms with van der Waals surface area (Å²) in [7, 11) is 1.35. The first-order chi connectivity index (χ1) is 11.2. The first kappa shape index (κ1) is 14.7. The molecule has 0 unspecified atom stereocenters. The van der Waals surface area contributed by atoms with Crippen molar-refractivity contribution >= 4 is 33.5 Å². The highest BCUT2D eigenvalue weighted by atomic mass is 16.5. The van der Waals surface area contributed by atoms with Gasteiger partial charge in [0.25, 0.3) is 0 Å². The van der Waals surface area contributed by atoms with Crippen LogP contribution in [0.15, 0.2) is 36.7 Å². The quantitative estimate of drug-likeness (QED) is 0.453. The Hall–Kier alpha value is -3.20. The number of hydrogen-bond donors (Lipinski definition) is 1. The van der Waals surface area contributed by atoms with Crippen LogP contribution in [0.5, 0.6) is 0 Å². The predicted octanol–water partition coefficient (Wildman–Crippen LogP) is 2.90. The van der Waals surface area contributed by atoms with Gasteiger partial charge in [-0.2, -0.15) is 5.26 Å². The number of fused-ring (bicyclic) bond motifs is 3. The molecule has 1 N–H and O–H groups in total. The number of nitrogens with zero attached hydrogens (tertiary/aromatic N) is 3. The van der Waals surface area contributed by atoms with E-state index in [-0.39, 0.29) is 0 Å². The molecule has 0 saturated carbocycles. The van der Waals surface area contributed by atoms with Crippen LogP contribution in [0.2, 0.25) is 0 Å². The Balaban J connectivity index is 2.19. The van der Waals surface area contributed by atoms with Crippen molar-refractivity contribution in [1.29, 1.82) is 5.26 Å². The van der Waals surface area contributed by atoms with E-state index in [1.807, 2.05) is 12.1 Å². The lowest BCUT2D eigenvalue weighted by Crippen LogP contribution is -2.05. The number of pyridine rings is 2. The molecule has 0 spiro atoms. The van der Waals surface area contributed by atoms with E-state index in [1.165, 1.54) is 7.11 Å². The number of nitriles is 1. The van der Waals surface area contributed by atoms with Crippen LogP contribution in [0.25, 0.3) is 21.7 Å². The van der Waals surface area contributed by atoms with Crippen LogP contribution in [0.3, 0.4) is 0 Å². The molecule has 0 atom stereocenters. The first-order valence-corrected chi connectivity index (χ1v) is 7.11. The molecule has 0 aliphatic carbocycles. The summed E-state index contributed by atoms with van der Waals surface area (Å²) in [4.78, 5) is 20.5. The predicted molar refractivity (Wildman–Crippen MR) is 87.1 cm³/mol. The zero-order chi connectivity index (χ0) is 16.2. The Morgan fingerprint density at radius 1 is 1.30 bits per heavy atom. The van der Waals surface area contributed by atoms with Gasteiger partial charge in [-0.25, -0.2) is 9.78 Å². The van der Waals surface area contributed by atoms with E-state index >= 15 is 0 Å². The summed E-state index contributed by atoms with van der Waals surface area (Å²) in [5.74, 6) is 0.270. The van der Waals surface area contributed by atoms with Crippen molar-refractivity contribution in [2.75, 3.05) is 19.0 Å². The number of esters is 1. The number of ether oxygens (including phenoxy) is 1. The third-order valence-electron chi connectivity index (χ3n) is 3.55. The summed E-state index contributed by atoms with van der Waals surface area (Å²) in [6.07, 6.45) is 3.86. The fourth-order valence-electron chi connectivity index (χ4n) is 2.46. The number of aromatic nitrogens is 2. The van der Waals surface area contributed by atoms with Crippen LogP contribution in [0.1, 0.15) is 16.8 Å². The zero-order valence-electron chi connectivity index (χ0n) is 12.5. The maximum Gasteiger partial charge on any atom is 0.337 e. The Labute approximate surface area is 132 Å². The van der Waals surface area contributed by atoms with Gasteiger partial charge in [-0.3, -0.25) is 4.98 Å². The third-order valence-corrected chi connectivity index (χ3v) is 3.55. The lowest BCUT2D eigenvalue weighted by Gasteiger charge is -2.11. The summed E-state index contributed by atoms with van der Waals surface area (Å²) in [5, 5.41) is 14.6. The molecule has 0 fully saturated rings. The maximum atomic E-state index is 11.7. The van der Waals surface area contributed by atoms with Gasteiger partial charge in [0.05, 0.1) is 30.7 Å². The minimum absolute atomic E-state index is 0.383. The SMILES string of the molecule is COC(=O)c1ccc2c(c1)nc(NCCC#N)c1ccncc12. The van der Waals surface area contributed by atoms with E-state index in [1.54, 1.807) is 24.5 Å². The van der Waals surface area contributed by atoms with Crippen LogP contribution in [-0.2, 0) is 4.74 Å². The zero-order valence-corrected chi connectivity index (χ0v) is 12.5. The van der Waals surface area contributed by atoms with Gasteiger partial charge in [0.15, 0.2) is 0 Å². The normalized spacial score (nSPS) is 10.4. The fourth-order valence-corrected chi connectivity index (χ4v) is 2.46. The molecule has 0 aliphatic heterocycles. The monoisotopic (exact) mass is 306 g/mol. The molecule has 3 rings (SSSR count). The highest BCUT2D eigenvalue weighted by Gasteiger charge is 2.11. The summed E-state index contributed by atoms with van der Waals surface area (Å²) in [6.45, 7) is 0.503. The average molecular weight is 306 g/mol. The minimum atomic E-state index is -0.404. The molecule has 23 heavy (non-hydrogen) atoms. The lowest BCUT2D eigenvalue weighted by atomic mass is 10.1. The summed E-state index contributed by atoms with van der Waals surface area (Å²) >= 11 is 0. The van der Waals surface area contributed by atoms with E-state index < -0.39 is 5.97 Å². The highest BCUT2D eigenvalue weighted by molar-refractivity contribution is 6.10. The number of carbonyl (C=O) groups is 1. The highest BCUT2D eigenvalue weighted by Crippen LogP contribution is 2.29. The van der Waals surface area contributed by atoms with E-state index in [9.17, 15) is 4.79 Å². The second-order valence-electron chi connectivity index (χ2n) is 4.94. The molecule has 0 amide bonds. The molecule has 0 radical (unpaired) electrons. The van der Waals surface area contributed by atoms with Gasteiger partial charge >= 0.3 is 5.97 Å². The minimum Gasteiger partial charge on any atom is -0.465 e. The van der Waals surface area contributed by atoms with E-state index in [4.69, 9.17) is 10.00 Å². The van der Waals surface area contributed by atoms with Crippen LogP contribution in [0, 0.1) is 11.3 Å². The molecule has 1 aromatic carbocycles. The van der Waals surface area contributed by atoms with Gasteiger partial charge in [0.1, 0.15) is 5.82 Å². The van der Waals surface area contributed by atoms with Crippen LogP contribution >= 0.6 is 0 Å². The van der Waals surface area contributed by atoms with Crippen LogP contribution in [-0.4, -0.2) is 29.6 Å². The summed E-state index contributed by atoms with van der Waals surface area (Å²) in [5.41, 5.74) is 1.12. The van der Waals surface area contributed by atoms with Crippen LogP contribution in [0.4, 0.5) is 5.82 Å². The Morgan fingerprint density at radius 3 is 2.96 bits per heavy atom. The third kappa shape index (κ3) is 2.77. The molecule has 114 valence electrons. The molecule has 0 bridgehead atoms. The second kappa shape index (κ2) is 6.28. The van der Waals surface area contributed by atoms with Gasteiger partial charge < -0.3 is 10.1 Å². The van der Waals surface area contributed by atoms with Crippen molar-refractivity contribution in [2.24, 2.45) is 0 Å². The second-order valence-corrected chi connectivity index (χ2v) is 4.94. The van der Waals surface area contributed by atoms with Gasteiger partial charge in [-0.15, -0.1) is 0 Å². The molecule has 0 saturated heterocycles. The van der Waals surface area contributed by atoms with Gasteiger partial charge in [-0.1, -0.05) is 6.07 Å². The van der Waals surface area contributed by atoms with Crippen molar-refractivity contribution in [3.63, 3.8) is 0 Å². The number of rotatable bonds is 4. The molecule has 2 aromatic heterocycles. The Kier molecular flexibility index (Phi) is 4.02. The van der Waals surface area contributed by atoms with E-state index in [0.29, 0.717) is 29.9 Å². The van der Waals surface area contributed by atoms with Gasteiger partial charge in [0, 0.05) is 35.1 Å². The number of hydrogen-bond acceptors (Lipinski definition) is 6. The molecular formula is C17H14N4O2. The van der Waals surface area contributed by atoms with Crippen molar-refractivity contribution in [1.82, 2.24) is 9.97 Å². The molecular weight excluding hydrogens is 292 g/mol.